The molecule has 0 fully saturated rings. The molecular weight excluding hydrogens is 300 g/mol. The van der Waals surface area contributed by atoms with Crippen molar-refractivity contribution in [3.63, 3.8) is 0 Å². The third-order valence-corrected chi connectivity index (χ3v) is 4.50. The summed E-state index contributed by atoms with van der Waals surface area (Å²) in [5, 5.41) is 0. The molecule has 0 radical (unpaired) electrons. The van der Waals surface area contributed by atoms with Crippen molar-refractivity contribution in [1.29, 1.82) is 0 Å². The third-order valence-electron chi connectivity index (χ3n) is 4.50. The molecule has 0 aromatic heterocycles. The molecule has 0 bridgehead atoms. The lowest BCUT2D eigenvalue weighted by molar-refractivity contribution is -0.137. The van der Waals surface area contributed by atoms with Gasteiger partial charge in [0.25, 0.3) is 0 Å². The van der Waals surface area contributed by atoms with Gasteiger partial charge in [0.1, 0.15) is 0 Å². The van der Waals surface area contributed by atoms with Gasteiger partial charge in [-0.15, -0.1) is 0 Å². The van der Waals surface area contributed by atoms with Crippen molar-refractivity contribution in [2.24, 2.45) is 0 Å². The quantitative estimate of drug-likeness (QED) is 0.601. The first-order valence-corrected chi connectivity index (χ1v) is 8.87. The summed E-state index contributed by atoms with van der Waals surface area (Å²) in [5.74, 6) is -0.280. The second-order valence-electron chi connectivity index (χ2n) is 6.86. The van der Waals surface area contributed by atoms with Crippen LogP contribution in [0, 0.1) is 0 Å². The van der Waals surface area contributed by atoms with Crippen molar-refractivity contribution in [2.75, 3.05) is 29.5 Å². The van der Waals surface area contributed by atoms with Gasteiger partial charge in [0.2, 0.25) is 0 Å². The van der Waals surface area contributed by atoms with E-state index in [4.69, 9.17) is 4.74 Å². The van der Waals surface area contributed by atoms with Gasteiger partial charge in [0, 0.05) is 31.2 Å². The van der Waals surface area contributed by atoms with Crippen LogP contribution in [-0.4, -0.2) is 37.7 Å². The predicted octanol–water partition coefficient (Wildman–Crippen LogP) is 4.10. The molecule has 0 aliphatic carbocycles. The molecule has 1 aliphatic heterocycles. The molecule has 0 N–H and O–H groups in total. The van der Waals surface area contributed by atoms with E-state index < -0.39 is 0 Å². The Labute approximate surface area is 146 Å². The highest BCUT2D eigenvalue weighted by Crippen LogP contribution is 2.37. The van der Waals surface area contributed by atoms with Gasteiger partial charge in [-0.1, -0.05) is 6.07 Å². The van der Waals surface area contributed by atoms with E-state index in [1.807, 2.05) is 13.8 Å². The summed E-state index contributed by atoms with van der Waals surface area (Å²) in [7, 11) is 0. The Hall–Kier alpha value is -1.97. The number of hydrogen-bond donors (Lipinski definition) is 0. The van der Waals surface area contributed by atoms with Crippen LogP contribution in [0.1, 0.15) is 47.1 Å². The Bertz CT molecular complexity index is 620. The van der Waals surface area contributed by atoms with Crippen molar-refractivity contribution in [2.45, 2.75) is 53.6 Å². The maximum atomic E-state index is 11.7. The highest BCUT2D eigenvalue weighted by atomic mass is 16.5. The fraction of sp³-hybridized carbons (Fsp3) is 0.550. The minimum atomic E-state index is -0.280. The number of fused-ring (bicyclic) bond motifs is 1. The fourth-order valence-corrected chi connectivity index (χ4v) is 3.21. The first kappa shape index (κ1) is 18.4. The number of ether oxygens (including phenoxy) is 1. The molecule has 1 aliphatic rings. The first-order chi connectivity index (χ1) is 11.3. The van der Waals surface area contributed by atoms with Crippen molar-refractivity contribution < 1.29 is 9.53 Å². The summed E-state index contributed by atoms with van der Waals surface area (Å²) in [6.45, 7) is 15.2. The Balaban J connectivity index is 2.42. The number of hydrogen-bond acceptors (Lipinski definition) is 4. The molecule has 132 valence electrons. The Kier molecular flexibility index (Phi) is 5.92. The van der Waals surface area contributed by atoms with Crippen LogP contribution in [0.3, 0.4) is 0 Å². The average Bonchev–Trinajstić information content (AvgIpc) is 2.52. The lowest BCUT2D eigenvalue weighted by Gasteiger charge is -2.43. The summed E-state index contributed by atoms with van der Waals surface area (Å²) in [4.78, 5) is 16.6. The molecule has 1 aromatic carbocycles. The van der Waals surface area contributed by atoms with E-state index in [-0.39, 0.29) is 5.97 Å². The van der Waals surface area contributed by atoms with E-state index >= 15 is 0 Å². The zero-order valence-electron chi connectivity index (χ0n) is 15.8. The third kappa shape index (κ3) is 3.92. The average molecular weight is 330 g/mol. The van der Waals surface area contributed by atoms with E-state index in [1.165, 1.54) is 11.4 Å². The Morgan fingerprint density at radius 2 is 1.71 bits per heavy atom. The highest BCUT2D eigenvalue weighted by molar-refractivity contribution is 5.92. The van der Waals surface area contributed by atoms with Gasteiger partial charge >= 0.3 is 5.97 Å². The van der Waals surface area contributed by atoms with Crippen molar-refractivity contribution in [3.8, 4) is 0 Å². The lowest BCUT2D eigenvalue weighted by Crippen LogP contribution is -2.46. The van der Waals surface area contributed by atoms with Gasteiger partial charge in [0.15, 0.2) is 0 Å². The molecule has 24 heavy (non-hydrogen) atoms. The van der Waals surface area contributed by atoms with Crippen LogP contribution in [0.5, 0.6) is 0 Å². The van der Waals surface area contributed by atoms with Gasteiger partial charge in [0.05, 0.1) is 18.0 Å². The summed E-state index contributed by atoms with van der Waals surface area (Å²) in [6.07, 6.45) is 1.58. The van der Waals surface area contributed by atoms with Crippen LogP contribution in [0.2, 0.25) is 0 Å². The van der Waals surface area contributed by atoms with Gasteiger partial charge in [-0.3, -0.25) is 0 Å². The van der Waals surface area contributed by atoms with E-state index in [2.05, 4.69) is 55.7 Å². The SMILES string of the molecule is CCOC(=O)C=C(C)c1ccc2c(c1)N(C(C)C)CCN2C(C)C. The monoisotopic (exact) mass is 330 g/mol. The Morgan fingerprint density at radius 1 is 1.12 bits per heavy atom. The summed E-state index contributed by atoms with van der Waals surface area (Å²) < 4.78 is 5.02. The van der Waals surface area contributed by atoms with E-state index in [9.17, 15) is 4.79 Å². The summed E-state index contributed by atoms with van der Waals surface area (Å²) >= 11 is 0. The number of carbonyl (C=O) groups excluding carboxylic acids is 1. The van der Waals surface area contributed by atoms with Crippen molar-refractivity contribution in [1.82, 2.24) is 0 Å². The summed E-state index contributed by atoms with van der Waals surface area (Å²) in [6, 6.07) is 7.41. The Morgan fingerprint density at radius 3 is 2.25 bits per heavy atom. The summed E-state index contributed by atoms with van der Waals surface area (Å²) in [5.41, 5.74) is 4.52. The van der Waals surface area contributed by atoms with E-state index in [0.29, 0.717) is 18.7 Å². The highest BCUT2D eigenvalue weighted by Gasteiger charge is 2.26. The largest absolute Gasteiger partial charge is 0.463 e. The smallest absolute Gasteiger partial charge is 0.331 e. The van der Waals surface area contributed by atoms with Crippen LogP contribution < -0.4 is 9.80 Å². The lowest BCUT2D eigenvalue weighted by atomic mass is 10.0. The van der Waals surface area contributed by atoms with Crippen LogP contribution in [0.25, 0.3) is 5.57 Å². The molecule has 1 heterocycles. The van der Waals surface area contributed by atoms with Crippen molar-refractivity contribution in [3.05, 3.63) is 29.8 Å². The minimum Gasteiger partial charge on any atom is -0.463 e. The van der Waals surface area contributed by atoms with Gasteiger partial charge in [-0.05, 0) is 64.8 Å². The number of anilines is 2. The van der Waals surface area contributed by atoms with Crippen LogP contribution in [0.4, 0.5) is 11.4 Å². The molecule has 2 rings (SSSR count). The fourth-order valence-electron chi connectivity index (χ4n) is 3.21. The number of allylic oxidation sites excluding steroid dienone is 1. The molecule has 0 atom stereocenters. The normalized spacial score (nSPS) is 15.1. The van der Waals surface area contributed by atoms with Crippen LogP contribution >= 0.6 is 0 Å². The standard InChI is InChI=1S/C20H30N2O2/c1-7-24-20(23)12-16(6)17-8-9-18-19(13-17)22(15(4)5)11-10-21(18)14(2)3/h8-9,12-15H,7,10-11H2,1-6H3. The van der Waals surface area contributed by atoms with E-state index in [0.717, 1.165) is 24.2 Å². The number of rotatable bonds is 5. The zero-order chi connectivity index (χ0) is 17.9. The molecule has 0 amide bonds. The number of nitrogens with zero attached hydrogens (tertiary/aromatic N) is 2. The molecule has 4 heteroatoms. The molecule has 1 aromatic rings. The first-order valence-electron chi connectivity index (χ1n) is 8.87. The molecule has 0 spiro atoms. The number of carbonyl (C=O) groups is 1. The molecule has 0 unspecified atom stereocenters. The topological polar surface area (TPSA) is 32.8 Å². The minimum absolute atomic E-state index is 0.280. The van der Waals surface area contributed by atoms with Gasteiger partial charge in [-0.2, -0.15) is 0 Å². The van der Waals surface area contributed by atoms with Crippen molar-refractivity contribution >= 4 is 22.9 Å². The van der Waals surface area contributed by atoms with Crippen LogP contribution in [-0.2, 0) is 9.53 Å². The van der Waals surface area contributed by atoms with Gasteiger partial charge in [-0.25, -0.2) is 4.79 Å². The van der Waals surface area contributed by atoms with Crippen LogP contribution in [0.15, 0.2) is 24.3 Å². The zero-order valence-corrected chi connectivity index (χ0v) is 15.8. The maximum absolute atomic E-state index is 11.7. The van der Waals surface area contributed by atoms with E-state index in [1.54, 1.807) is 6.08 Å². The second kappa shape index (κ2) is 7.73. The molecule has 4 nitrogen and oxygen atoms in total. The number of benzene rings is 1. The number of esters is 1. The molecule has 0 saturated heterocycles. The predicted molar refractivity (Wildman–Crippen MR) is 102 cm³/mol. The van der Waals surface area contributed by atoms with Gasteiger partial charge < -0.3 is 14.5 Å². The second-order valence-corrected chi connectivity index (χ2v) is 6.86. The maximum Gasteiger partial charge on any atom is 0.331 e. The molecular formula is C20H30N2O2. The molecule has 0 saturated carbocycles.